The molecule has 1 N–H and O–H groups in total. The fourth-order valence-electron chi connectivity index (χ4n) is 2.59. The second-order valence-corrected chi connectivity index (χ2v) is 6.14. The van der Waals surface area contributed by atoms with Crippen LogP contribution in [0.5, 0.6) is 0 Å². The summed E-state index contributed by atoms with van der Waals surface area (Å²) in [5.41, 5.74) is 1.64. The van der Waals surface area contributed by atoms with Crippen LogP contribution in [0.3, 0.4) is 0 Å². The summed E-state index contributed by atoms with van der Waals surface area (Å²) in [6.07, 6.45) is 8.32. The average molecular weight is 221 g/mol. The summed E-state index contributed by atoms with van der Waals surface area (Å²) < 4.78 is 0. The Morgan fingerprint density at radius 1 is 1.47 bits per heavy atom. The Hall–Kier alpha value is -0.340. The lowest BCUT2D eigenvalue weighted by molar-refractivity contribution is 0.521. The first-order valence-corrected chi connectivity index (χ1v) is 6.97. The molecule has 0 bridgehead atoms. The molecule has 0 amide bonds. The van der Waals surface area contributed by atoms with Gasteiger partial charge in [0, 0.05) is 15.8 Å². The van der Waals surface area contributed by atoms with Gasteiger partial charge in [-0.1, -0.05) is 12.8 Å². The van der Waals surface area contributed by atoms with Crippen LogP contribution in [0.15, 0.2) is 6.07 Å². The van der Waals surface area contributed by atoms with Gasteiger partial charge >= 0.3 is 0 Å². The van der Waals surface area contributed by atoms with Gasteiger partial charge in [0.05, 0.1) is 0 Å². The quantitative estimate of drug-likeness (QED) is 0.822. The van der Waals surface area contributed by atoms with Crippen LogP contribution in [-0.4, -0.2) is 7.05 Å². The van der Waals surface area contributed by atoms with Gasteiger partial charge in [-0.2, -0.15) is 0 Å². The van der Waals surface area contributed by atoms with Crippen LogP contribution in [0.4, 0.5) is 0 Å². The van der Waals surface area contributed by atoms with E-state index >= 15 is 0 Å². The first kappa shape index (κ1) is 9.86. The van der Waals surface area contributed by atoms with E-state index in [-0.39, 0.29) is 0 Å². The van der Waals surface area contributed by atoms with Gasteiger partial charge in [-0.3, -0.25) is 0 Å². The molecule has 2 aliphatic carbocycles. The minimum Gasteiger partial charge on any atom is -0.312 e. The van der Waals surface area contributed by atoms with E-state index in [9.17, 15) is 0 Å². The SMILES string of the molecule is CNC(CC1CC1)c1cc2c(s1)CCC2. The molecular weight excluding hydrogens is 202 g/mol. The maximum Gasteiger partial charge on any atom is 0.0415 e. The van der Waals surface area contributed by atoms with Gasteiger partial charge < -0.3 is 5.32 Å². The van der Waals surface area contributed by atoms with Crippen LogP contribution < -0.4 is 5.32 Å². The Morgan fingerprint density at radius 2 is 2.33 bits per heavy atom. The minimum absolute atomic E-state index is 0.632. The largest absolute Gasteiger partial charge is 0.312 e. The molecule has 1 fully saturated rings. The van der Waals surface area contributed by atoms with Crippen LogP contribution in [0.25, 0.3) is 0 Å². The molecular formula is C13H19NS. The zero-order valence-corrected chi connectivity index (χ0v) is 10.2. The van der Waals surface area contributed by atoms with Gasteiger partial charge in [0.15, 0.2) is 0 Å². The zero-order valence-electron chi connectivity index (χ0n) is 9.38. The highest BCUT2D eigenvalue weighted by atomic mass is 32.1. The number of nitrogens with one attached hydrogen (secondary N) is 1. The van der Waals surface area contributed by atoms with E-state index in [2.05, 4.69) is 29.8 Å². The number of aryl methyl sites for hydroxylation is 2. The van der Waals surface area contributed by atoms with Gasteiger partial charge in [-0.15, -0.1) is 11.3 Å². The average Bonchev–Trinajstić information content (AvgIpc) is 2.79. The Kier molecular flexibility index (Phi) is 2.57. The van der Waals surface area contributed by atoms with Crippen molar-refractivity contribution in [2.75, 3.05) is 7.05 Å². The van der Waals surface area contributed by atoms with Gasteiger partial charge in [0.25, 0.3) is 0 Å². The highest BCUT2D eigenvalue weighted by Crippen LogP contribution is 2.41. The Bertz CT molecular complexity index is 330. The summed E-state index contributed by atoms with van der Waals surface area (Å²) in [6.45, 7) is 0. The van der Waals surface area contributed by atoms with E-state index in [1.54, 1.807) is 15.3 Å². The smallest absolute Gasteiger partial charge is 0.0415 e. The summed E-state index contributed by atoms with van der Waals surface area (Å²) >= 11 is 2.06. The molecule has 3 rings (SSSR count). The van der Waals surface area contributed by atoms with Gasteiger partial charge in [0.2, 0.25) is 0 Å². The summed E-state index contributed by atoms with van der Waals surface area (Å²) in [5.74, 6) is 1.01. The minimum atomic E-state index is 0.632. The molecule has 0 spiro atoms. The molecule has 0 saturated heterocycles. The molecule has 1 unspecified atom stereocenters. The molecule has 0 aromatic carbocycles. The number of hydrogen-bond donors (Lipinski definition) is 1. The number of rotatable bonds is 4. The fraction of sp³-hybridized carbons (Fsp3) is 0.692. The molecule has 82 valence electrons. The summed E-state index contributed by atoms with van der Waals surface area (Å²) in [6, 6.07) is 3.10. The van der Waals surface area contributed by atoms with E-state index in [0.717, 1.165) is 5.92 Å². The standard InChI is InChI=1S/C13H19NS/c1-14-11(7-9-5-6-9)13-8-10-3-2-4-12(10)15-13/h8-9,11,14H,2-7H2,1H3. The van der Waals surface area contributed by atoms with Crippen molar-refractivity contribution in [3.63, 3.8) is 0 Å². The molecule has 2 aliphatic rings. The second kappa shape index (κ2) is 3.91. The van der Waals surface area contributed by atoms with Crippen LogP contribution >= 0.6 is 11.3 Å². The third-order valence-electron chi connectivity index (χ3n) is 3.72. The molecule has 15 heavy (non-hydrogen) atoms. The van der Waals surface area contributed by atoms with Crippen molar-refractivity contribution in [1.29, 1.82) is 0 Å². The molecule has 0 radical (unpaired) electrons. The van der Waals surface area contributed by atoms with E-state index in [1.165, 1.54) is 38.5 Å². The van der Waals surface area contributed by atoms with E-state index < -0.39 is 0 Å². The van der Waals surface area contributed by atoms with Crippen LogP contribution in [-0.2, 0) is 12.8 Å². The topological polar surface area (TPSA) is 12.0 Å². The normalized spacial score (nSPS) is 21.7. The van der Waals surface area contributed by atoms with Crippen molar-refractivity contribution in [3.05, 3.63) is 21.4 Å². The number of fused-ring (bicyclic) bond motifs is 1. The fourth-order valence-corrected chi connectivity index (χ4v) is 3.97. The third-order valence-corrected chi connectivity index (χ3v) is 5.07. The molecule has 1 aromatic heterocycles. The second-order valence-electron chi connectivity index (χ2n) is 4.97. The molecule has 1 saturated carbocycles. The number of thiophene rings is 1. The summed E-state index contributed by atoms with van der Waals surface area (Å²) in [5, 5.41) is 3.49. The molecule has 1 atom stereocenters. The van der Waals surface area contributed by atoms with Crippen LogP contribution in [0.2, 0.25) is 0 Å². The monoisotopic (exact) mass is 221 g/mol. The van der Waals surface area contributed by atoms with Crippen molar-refractivity contribution in [2.24, 2.45) is 5.92 Å². The van der Waals surface area contributed by atoms with Crippen molar-refractivity contribution in [1.82, 2.24) is 5.32 Å². The third kappa shape index (κ3) is 1.98. The predicted octanol–water partition coefficient (Wildman–Crippen LogP) is 3.30. The van der Waals surface area contributed by atoms with Crippen LogP contribution in [0, 0.1) is 5.92 Å². The lowest BCUT2D eigenvalue weighted by atomic mass is 10.1. The van der Waals surface area contributed by atoms with Crippen molar-refractivity contribution >= 4 is 11.3 Å². The van der Waals surface area contributed by atoms with Gasteiger partial charge in [-0.25, -0.2) is 0 Å². The Morgan fingerprint density at radius 3 is 3.00 bits per heavy atom. The molecule has 0 aliphatic heterocycles. The molecule has 1 nitrogen and oxygen atoms in total. The van der Waals surface area contributed by atoms with Gasteiger partial charge in [-0.05, 0) is 50.3 Å². The van der Waals surface area contributed by atoms with E-state index in [0.29, 0.717) is 6.04 Å². The van der Waals surface area contributed by atoms with E-state index in [1.807, 2.05) is 0 Å². The Balaban J connectivity index is 1.76. The Labute approximate surface area is 95.9 Å². The maximum absolute atomic E-state index is 3.49. The summed E-state index contributed by atoms with van der Waals surface area (Å²) in [7, 11) is 2.11. The van der Waals surface area contributed by atoms with Crippen molar-refractivity contribution in [2.45, 2.75) is 44.6 Å². The van der Waals surface area contributed by atoms with Crippen molar-refractivity contribution in [3.8, 4) is 0 Å². The number of hydrogen-bond acceptors (Lipinski definition) is 2. The van der Waals surface area contributed by atoms with Gasteiger partial charge in [0.1, 0.15) is 0 Å². The first-order chi connectivity index (χ1) is 7.36. The van der Waals surface area contributed by atoms with Crippen molar-refractivity contribution < 1.29 is 0 Å². The first-order valence-electron chi connectivity index (χ1n) is 6.15. The lowest BCUT2D eigenvalue weighted by Gasteiger charge is -2.13. The van der Waals surface area contributed by atoms with Crippen LogP contribution in [0.1, 0.15) is 47.0 Å². The molecule has 1 heterocycles. The predicted molar refractivity (Wildman–Crippen MR) is 65.5 cm³/mol. The summed E-state index contributed by atoms with van der Waals surface area (Å²) in [4.78, 5) is 3.26. The molecule has 2 heteroatoms. The zero-order chi connectivity index (χ0) is 10.3. The van der Waals surface area contributed by atoms with E-state index in [4.69, 9.17) is 0 Å². The highest BCUT2D eigenvalue weighted by Gasteiger charge is 2.27. The maximum atomic E-state index is 3.49. The highest BCUT2D eigenvalue weighted by molar-refractivity contribution is 7.12. The lowest BCUT2D eigenvalue weighted by Crippen LogP contribution is -2.15. The molecule has 1 aromatic rings.